The number of ketones is 1. The van der Waals surface area contributed by atoms with Crippen molar-refractivity contribution in [2.45, 2.75) is 26.7 Å². The van der Waals surface area contributed by atoms with E-state index >= 15 is 0 Å². The van der Waals surface area contributed by atoms with Gasteiger partial charge in [-0.15, -0.1) is 0 Å². The summed E-state index contributed by atoms with van der Waals surface area (Å²) in [7, 11) is 0. The SMILES string of the molecule is CCC(C)C(=O)c1ccccc1CCN. The first-order valence-electron chi connectivity index (χ1n) is 5.52. The number of Topliss-reactive ketones (excluding diaryl/α,β-unsaturated/α-hetero) is 1. The zero-order chi connectivity index (χ0) is 11.3. The number of benzene rings is 1. The summed E-state index contributed by atoms with van der Waals surface area (Å²) < 4.78 is 0. The van der Waals surface area contributed by atoms with Gasteiger partial charge in [0.05, 0.1) is 0 Å². The lowest BCUT2D eigenvalue weighted by Crippen LogP contribution is -2.14. The molecule has 2 N–H and O–H groups in total. The summed E-state index contributed by atoms with van der Waals surface area (Å²) in [6, 6.07) is 7.76. The molecule has 1 aromatic rings. The molecule has 0 aliphatic heterocycles. The van der Waals surface area contributed by atoms with Gasteiger partial charge < -0.3 is 5.73 Å². The van der Waals surface area contributed by atoms with Gasteiger partial charge in [-0.25, -0.2) is 0 Å². The summed E-state index contributed by atoms with van der Waals surface area (Å²) >= 11 is 0. The van der Waals surface area contributed by atoms with Gasteiger partial charge >= 0.3 is 0 Å². The van der Waals surface area contributed by atoms with Crippen LogP contribution in [0.1, 0.15) is 36.2 Å². The zero-order valence-corrected chi connectivity index (χ0v) is 9.49. The Bertz CT molecular complexity index is 333. The van der Waals surface area contributed by atoms with Crippen LogP contribution >= 0.6 is 0 Å². The average molecular weight is 205 g/mol. The summed E-state index contributed by atoms with van der Waals surface area (Å²) in [6.45, 7) is 4.60. The number of hydrogen-bond acceptors (Lipinski definition) is 2. The second kappa shape index (κ2) is 5.66. The molecule has 0 aliphatic rings. The topological polar surface area (TPSA) is 43.1 Å². The molecule has 1 unspecified atom stereocenters. The van der Waals surface area contributed by atoms with E-state index < -0.39 is 0 Å². The zero-order valence-electron chi connectivity index (χ0n) is 9.49. The maximum Gasteiger partial charge on any atom is 0.165 e. The second-order valence-corrected chi connectivity index (χ2v) is 3.87. The highest BCUT2D eigenvalue weighted by atomic mass is 16.1. The lowest BCUT2D eigenvalue weighted by molar-refractivity contribution is 0.0926. The van der Waals surface area contributed by atoms with Crippen molar-refractivity contribution in [1.82, 2.24) is 0 Å². The van der Waals surface area contributed by atoms with Gasteiger partial charge in [0.15, 0.2) is 5.78 Å². The van der Waals surface area contributed by atoms with Gasteiger partial charge in [-0.05, 0) is 24.9 Å². The number of nitrogens with two attached hydrogens (primary N) is 1. The molecule has 82 valence electrons. The van der Waals surface area contributed by atoms with Crippen molar-refractivity contribution in [1.29, 1.82) is 0 Å². The molecule has 0 aromatic heterocycles. The van der Waals surface area contributed by atoms with Crippen molar-refractivity contribution in [2.24, 2.45) is 11.7 Å². The van der Waals surface area contributed by atoms with E-state index in [2.05, 4.69) is 0 Å². The third kappa shape index (κ3) is 2.90. The Morgan fingerprint density at radius 3 is 2.67 bits per heavy atom. The molecule has 2 nitrogen and oxygen atoms in total. The Morgan fingerprint density at radius 1 is 1.40 bits per heavy atom. The van der Waals surface area contributed by atoms with E-state index in [1.165, 1.54) is 0 Å². The molecule has 1 aromatic carbocycles. The molecule has 2 heteroatoms. The molecule has 1 atom stereocenters. The van der Waals surface area contributed by atoms with Gasteiger partial charge in [-0.2, -0.15) is 0 Å². The maximum atomic E-state index is 12.0. The first-order valence-corrected chi connectivity index (χ1v) is 5.52. The molecule has 0 bridgehead atoms. The van der Waals surface area contributed by atoms with Gasteiger partial charge in [0.25, 0.3) is 0 Å². The molecule has 1 rings (SSSR count). The van der Waals surface area contributed by atoms with Gasteiger partial charge in [-0.1, -0.05) is 38.1 Å². The van der Waals surface area contributed by atoms with Crippen LogP contribution in [-0.4, -0.2) is 12.3 Å². The van der Waals surface area contributed by atoms with Crippen LogP contribution in [0.2, 0.25) is 0 Å². The lowest BCUT2D eigenvalue weighted by Gasteiger charge is -2.11. The molecule has 0 amide bonds. The third-order valence-electron chi connectivity index (χ3n) is 2.76. The van der Waals surface area contributed by atoms with Crippen LogP contribution in [0.5, 0.6) is 0 Å². The van der Waals surface area contributed by atoms with Crippen LogP contribution in [0.4, 0.5) is 0 Å². The largest absolute Gasteiger partial charge is 0.330 e. The minimum atomic E-state index is 0.101. The van der Waals surface area contributed by atoms with Gasteiger partial charge in [0.2, 0.25) is 0 Å². The highest BCUT2D eigenvalue weighted by molar-refractivity contribution is 5.98. The maximum absolute atomic E-state index is 12.0. The monoisotopic (exact) mass is 205 g/mol. The van der Waals surface area contributed by atoms with Crippen LogP contribution in [0.3, 0.4) is 0 Å². The fourth-order valence-corrected chi connectivity index (χ4v) is 1.59. The van der Waals surface area contributed by atoms with Gasteiger partial charge in [0.1, 0.15) is 0 Å². The fraction of sp³-hybridized carbons (Fsp3) is 0.462. The van der Waals surface area contributed by atoms with E-state index in [0.717, 1.165) is 24.0 Å². The normalized spacial score (nSPS) is 12.5. The lowest BCUT2D eigenvalue weighted by atomic mass is 9.92. The molecule has 0 heterocycles. The van der Waals surface area contributed by atoms with Crippen molar-refractivity contribution < 1.29 is 4.79 Å². The van der Waals surface area contributed by atoms with E-state index in [4.69, 9.17) is 5.73 Å². The number of carbonyl (C=O) groups excluding carboxylic acids is 1. The Balaban J connectivity index is 2.96. The summed E-state index contributed by atoms with van der Waals surface area (Å²) in [5.41, 5.74) is 7.45. The Morgan fingerprint density at radius 2 is 2.07 bits per heavy atom. The van der Waals surface area contributed by atoms with Crippen molar-refractivity contribution >= 4 is 5.78 Å². The Labute approximate surface area is 91.5 Å². The van der Waals surface area contributed by atoms with Gasteiger partial charge in [0, 0.05) is 11.5 Å². The summed E-state index contributed by atoms with van der Waals surface area (Å²) in [5, 5.41) is 0. The molecule has 0 fully saturated rings. The van der Waals surface area contributed by atoms with Crippen LogP contribution in [0.25, 0.3) is 0 Å². The van der Waals surface area contributed by atoms with Crippen molar-refractivity contribution in [3.05, 3.63) is 35.4 Å². The second-order valence-electron chi connectivity index (χ2n) is 3.87. The molecule has 0 saturated carbocycles. The molecule has 0 radical (unpaired) electrons. The van der Waals surface area contributed by atoms with Crippen LogP contribution < -0.4 is 5.73 Å². The van der Waals surface area contributed by atoms with Crippen LogP contribution in [-0.2, 0) is 6.42 Å². The first kappa shape index (κ1) is 11.9. The average Bonchev–Trinajstić information content (AvgIpc) is 2.28. The van der Waals surface area contributed by atoms with Crippen LogP contribution in [0.15, 0.2) is 24.3 Å². The van der Waals surface area contributed by atoms with Crippen LogP contribution in [0, 0.1) is 5.92 Å². The quantitative estimate of drug-likeness (QED) is 0.750. The van der Waals surface area contributed by atoms with E-state index in [1.807, 2.05) is 38.1 Å². The van der Waals surface area contributed by atoms with E-state index in [-0.39, 0.29) is 11.7 Å². The molecule has 0 spiro atoms. The van der Waals surface area contributed by atoms with Crippen molar-refractivity contribution in [3.63, 3.8) is 0 Å². The van der Waals surface area contributed by atoms with Crippen molar-refractivity contribution in [3.8, 4) is 0 Å². The molecule has 0 saturated heterocycles. The molecule has 0 aliphatic carbocycles. The molecular weight excluding hydrogens is 186 g/mol. The standard InChI is InChI=1S/C13H19NO/c1-3-10(2)13(15)12-7-5-4-6-11(12)8-9-14/h4-7,10H,3,8-9,14H2,1-2H3. The third-order valence-corrected chi connectivity index (χ3v) is 2.76. The Hall–Kier alpha value is -1.15. The highest BCUT2D eigenvalue weighted by Crippen LogP contribution is 2.16. The Kier molecular flexibility index (Phi) is 4.50. The molecular formula is C13H19NO. The molecule has 15 heavy (non-hydrogen) atoms. The predicted octanol–water partition coefficient (Wildman–Crippen LogP) is 2.42. The first-order chi connectivity index (χ1) is 7.20. The number of carbonyl (C=O) groups is 1. The summed E-state index contributed by atoms with van der Waals surface area (Å²) in [4.78, 5) is 12.0. The number of rotatable bonds is 5. The smallest absolute Gasteiger partial charge is 0.165 e. The van der Waals surface area contributed by atoms with E-state index in [9.17, 15) is 4.79 Å². The van der Waals surface area contributed by atoms with Gasteiger partial charge in [-0.3, -0.25) is 4.79 Å². The number of hydrogen-bond donors (Lipinski definition) is 1. The minimum Gasteiger partial charge on any atom is -0.330 e. The van der Waals surface area contributed by atoms with E-state index in [1.54, 1.807) is 0 Å². The minimum absolute atomic E-state index is 0.101. The van der Waals surface area contributed by atoms with Crippen molar-refractivity contribution in [2.75, 3.05) is 6.54 Å². The highest BCUT2D eigenvalue weighted by Gasteiger charge is 2.15. The summed E-state index contributed by atoms with van der Waals surface area (Å²) in [5.74, 6) is 0.338. The summed E-state index contributed by atoms with van der Waals surface area (Å²) in [6.07, 6.45) is 1.66. The predicted molar refractivity (Wildman–Crippen MR) is 63.0 cm³/mol. The van der Waals surface area contributed by atoms with E-state index in [0.29, 0.717) is 6.54 Å². The fourth-order valence-electron chi connectivity index (χ4n) is 1.59.